The van der Waals surface area contributed by atoms with Gasteiger partial charge < -0.3 is 10.1 Å². The number of hydrogen-bond donors (Lipinski definition) is 1. The standard InChI is InChI=1S/C15H22N4OS/c1-4-7-13-15(21-19-18-13)14(17-5-2)11-8-12(20-6-3)10-16-9-11/h8-10,14,17H,4-7H2,1-3H3. The minimum Gasteiger partial charge on any atom is -0.492 e. The molecule has 0 radical (unpaired) electrons. The van der Waals surface area contributed by atoms with E-state index in [1.54, 1.807) is 6.20 Å². The first-order valence-corrected chi connectivity index (χ1v) is 8.19. The predicted molar refractivity (Wildman–Crippen MR) is 84.8 cm³/mol. The number of aromatic nitrogens is 3. The van der Waals surface area contributed by atoms with Crippen molar-refractivity contribution in [1.82, 2.24) is 19.9 Å². The Balaban J connectivity index is 2.33. The summed E-state index contributed by atoms with van der Waals surface area (Å²) in [5.41, 5.74) is 2.17. The van der Waals surface area contributed by atoms with Crippen LogP contribution in [0.4, 0.5) is 0 Å². The van der Waals surface area contributed by atoms with E-state index in [0.717, 1.165) is 36.4 Å². The zero-order valence-electron chi connectivity index (χ0n) is 12.8. The Morgan fingerprint density at radius 3 is 2.86 bits per heavy atom. The largest absolute Gasteiger partial charge is 0.492 e. The highest BCUT2D eigenvalue weighted by Crippen LogP contribution is 2.29. The maximum atomic E-state index is 5.55. The average Bonchev–Trinajstić information content (AvgIpc) is 2.94. The lowest BCUT2D eigenvalue weighted by molar-refractivity contribution is 0.338. The van der Waals surface area contributed by atoms with E-state index in [1.807, 2.05) is 19.2 Å². The van der Waals surface area contributed by atoms with Crippen molar-refractivity contribution in [2.75, 3.05) is 13.2 Å². The molecule has 1 N–H and O–H groups in total. The zero-order valence-corrected chi connectivity index (χ0v) is 13.6. The lowest BCUT2D eigenvalue weighted by atomic mass is 10.0. The van der Waals surface area contributed by atoms with Crippen molar-refractivity contribution in [2.24, 2.45) is 0 Å². The fourth-order valence-electron chi connectivity index (χ4n) is 2.25. The molecule has 0 aromatic carbocycles. The minimum atomic E-state index is 0.0736. The second-order valence-electron chi connectivity index (χ2n) is 4.71. The Bertz CT molecular complexity index is 558. The Labute approximate surface area is 129 Å². The summed E-state index contributed by atoms with van der Waals surface area (Å²) < 4.78 is 9.68. The van der Waals surface area contributed by atoms with E-state index in [2.05, 4.69) is 33.7 Å². The van der Waals surface area contributed by atoms with Crippen molar-refractivity contribution in [3.8, 4) is 5.75 Å². The molecule has 2 aromatic heterocycles. The van der Waals surface area contributed by atoms with Gasteiger partial charge in [0.1, 0.15) is 5.75 Å². The van der Waals surface area contributed by atoms with Crippen molar-refractivity contribution >= 4 is 11.5 Å². The molecule has 21 heavy (non-hydrogen) atoms. The zero-order chi connectivity index (χ0) is 15.1. The van der Waals surface area contributed by atoms with Gasteiger partial charge in [-0.15, -0.1) is 5.10 Å². The van der Waals surface area contributed by atoms with Gasteiger partial charge in [-0.25, -0.2) is 0 Å². The molecular formula is C15H22N4OS. The molecule has 0 saturated heterocycles. The predicted octanol–water partition coefficient (Wildman–Crippen LogP) is 2.98. The van der Waals surface area contributed by atoms with E-state index in [0.29, 0.717) is 6.61 Å². The van der Waals surface area contributed by atoms with Crippen LogP contribution >= 0.6 is 11.5 Å². The molecule has 0 bridgehead atoms. The molecule has 1 unspecified atom stereocenters. The van der Waals surface area contributed by atoms with Crippen LogP contribution in [0.5, 0.6) is 5.75 Å². The summed E-state index contributed by atoms with van der Waals surface area (Å²) >= 11 is 1.46. The van der Waals surface area contributed by atoms with Gasteiger partial charge in [0, 0.05) is 6.20 Å². The second kappa shape index (κ2) is 8.05. The molecule has 0 spiro atoms. The Morgan fingerprint density at radius 1 is 1.29 bits per heavy atom. The van der Waals surface area contributed by atoms with E-state index in [1.165, 1.54) is 16.4 Å². The molecule has 0 aliphatic rings. The summed E-state index contributed by atoms with van der Waals surface area (Å²) in [6, 6.07) is 2.11. The fraction of sp³-hybridized carbons (Fsp3) is 0.533. The van der Waals surface area contributed by atoms with Crippen LogP contribution in [0.1, 0.15) is 49.4 Å². The smallest absolute Gasteiger partial charge is 0.137 e. The first-order valence-electron chi connectivity index (χ1n) is 7.42. The molecule has 2 heterocycles. The quantitative estimate of drug-likeness (QED) is 0.812. The summed E-state index contributed by atoms with van der Waals surface area (Å²) in [5.74, 6) is 0.799. The molecule has 6 heteroatoms. The molecule has 0 fully saturated rings. The monoisotopic (exact) mass is 306 g/mol. The van der Waals surface area contributed by atoms with E-state index in [-0.39, 0.29) is 6.04 Å². The van der Waals surface area contributed by atoms with Gasteiger partial charge >= 0.3 is 0 Å². The van der Waals surface area contributed by atoms with E-state index in [4.69, 9.17) is 4.74 Å². The fourth-order valence-corrected chi connectivity index (χ4v) is 3.05. The Morgan fingerprint density at radius 2 is 2.14 bits per heavy atom. The first kappa shape index (κ1) is 15.9. The number of nitrogens with zero attached hydrogens (tertiary/aromatic N) is 3. The Hall–Kier alpha value is -1.53. The van der Waals surface area contributed by atoms with Crippen molar-refractivity contribution < 1.29 is 4.74 Å². The molecule has 0 aliphatic heterocycles. The molecule has 1 atom stereocenters. The topological polar surface area (TPSA) is 59.9 Å². The maximum Gasteiger partial charge on any atom is 0.137 e. The van der Waals surface area contributed by atoms with Crippen LogP contribution in [0.2, 0.25) is 0 Å². The number of nitrogens with one attached hydrogen (secondary N) is 1. The van der Waals surface area contributed by atoms with Gasteiger partial charge in [0.15, 0.2) is 0 Å². The number of ether oxygens (including phenoxy) is 1. The van der Waals surface area contributed by atoms with Gasteiger partial charge in [0.05, 0.1) is 29.4 Å². The molecular weight excluding hydrogens is 284 g/mol. The third kappa shape index (κ3) is 3.98. The van der Waals surface area contributed by atoms with Gasteiger partial charge in [-0.3, -0.25) is 4.98 Å². The lowest BCUT2D eigenvalue weighted by Crippen LogP contribution is -2.22. The summed E-state index contributed by atoms with van der Waals surface area (Å²) in [5, 5.41) is 7.77. The second-order valence-corrected chi connectivity index (χ2v) is 5.50. The minimum absolute atomic E-state index is 0.0736. The molecule has 5 nitrogen and oxygen atoms in total. The van der Waals surface area contributed by atoms with E-state index < -0.39 is 0 Å². The van der Waals surface area contributed by atoms with Crippen LogP contribution in [0.15, 0.2) is 18.5 Å². The molecule has 0 amide bonds. The van der Waals surface area contributed by atoms with Crippen LogP contribution in [0, 0.1) is 0 Å². The van der Waals surface area contributed by atoms with Crippen LogP contribution in [-0.4, -0.2) is 27.7 Å². The van der Waals surface area contributed by atoms with Crippen LogP contribution in [0.25, 0.3) is 0 Å². The maximum absolute atomic E-state index is 5.55. The molecule has 2 rings (SSSR count). The van der Waals surface area contributed by atoms with Crippen LogP contribution in [-0.2, 0) is 6.42 Å². The van der Waals surface area contributed by atoms with Crippen molar-refractivity contribution in [3.05, 3.63) is 34.6 Å². The Kier molecular flexibility index (Phi) is 6.07. The van der Waals surface area contributed by atoms with Gasteiger partial charge in [-0.05, 0) is 43.1 Å². The number of aryl methyl sites for hydroxylation is 1. The van der Waals surface area contributed by atoms with Gasteiger partial charge in [0.25, 0.3) is 0 Å². The molecule has 114 valence electrons. The molecule has 0 aliphatic carbocycles. The van der Waals surface area contributed by atoms with Crippen LogP contribution < -0.4 is 10.1 Å². The van der Waals surface area contributed by atoms with Crippen molar-refractivity contribution in [3.63, 3.8) is 0 Å². The molecule has 2 aromatic rings. The van der Waals surface area contributed by atoms with Crippen LogP contribution in [0.3, 0.4) is 0 Å². The van der Waals surface area contributed by atoms with Crippen molar-refractivity contribution in [2.45, 2.75) is 39.7 Å². The van der Waals surface area contributed by atoms with E-state index >= 15 is 0 Å². The first-order chi connectivity index (χ1) is 10.3. The summed E-state index contributed by atoms with van der Waals surface area (Å²) in [7, 11) is 0. The summed E-state index contributed by atoms with van der Waals surface area (Å²) in [4.78, 5) is 5.47. The lowest BCUT2D eigenvalue weighted by Gasteiger charge is -2.18. The third-order valence-corrected chi connectivity index (χ3v) is 3.95. The van der Waals surface area contributed by atoms with Gasteiger partial charge in [0.2, 0.25) is 0 Å². The average molecular weight is 306 g/mol. The summed E-state index contributed by atoms with van der Waals surface area (Å²) in [6.07, 6.45) is 5.64. The SMILES string of the molecule is CCCc1nnsc1C(NCC)c1cncc(OCC)c1. The number of hydrogen-bond acceptors (Lipinski definition) is 6. The normalized spacial score (nSPS) is 12.3. The van der Waals surface area contributed by atoms with Gasteiger partial charge in [-0.2, -0.15) is 0 Å². The molecule has 0 saturated carbocycles. The number of pyridine rings is 1. The highest BCUT2D eigenvalue weighted by atomic mass is 32.1. The highest BCUT2D eigenvalue weighted by molar-refractivity contribution is 7.05. The van der Waals surface area contributed by atoms with Gasteiger partial charge in [-0.1, -0.05) is 24.8 Å². The highest BCUT2D eigenvalue weighted by Gasteiger charge is 2.20. The third-order valence-electron chi connectivity index (χ3n) is 3.12. The number of rotatable bonds is 8. The van der Waals surface area contributed by atoms with Crippen molar-refractivity contribution in [1.29, 1.82) is 0 Å². The van der Waals surface area contributed by atoms with E-state index in [9.17, 15) is 0 Å². The summed E-state index contributed by atoms with van der Waals surface area (Å²) in [6.45, 7) is 7.73.